The minimum absolute atomic E-state index is 0.0230. The largest absolute Gasteiger partial charge is 0.309 e. The third kappa shape index (κ3) is 5.48. The van der Waals surface area contributed by atoms with Crippen LogP contribution in [0.25, 0.3) is 0 Å². The van der Waals surface area contributed by atoms with Crippen LogP contribution in [-0.2, 0) is 16.4 Å². The van der Waals surface area contributed by atoms with E-state index in [1.165, 1.54) is 24.5 Å². The molecule has 0 saturated carbocycles. The minimum Gasteiger partial charge on any atom is -0.309 e. The summed E-state index contributed by atoms with van der Waals surface area (Å²) < 4.78 is 35.4. The quantitative estimate of drug-likeness (QED) is 0.897. The van der Waals surface area contributed by atoms with Gasteiger partial charge in [0.05, 0.1) is 5.75 Å². The Labute approximate surface area is 106 Å². The highest BCUT2D eigenvalue weighted by molar-refractivity contribution is 7.90. The number of sulfone groups is 1. The molecule has 0 saturated heterocycles. The minimum atomic E-state index is -3.03. The van der Waals surface area contributed by atoms with Crippen LogP contribution in [0.4, 0.5) is 4.39 Å². The van der Waals surface area contributed by atoms with Crippen molar-refractivity contribution < 1.29 is 12.8 Å². The van der Waals surface area contributed by atoms with Crippen molar-refractivity contribution in [3.63, 3.8) is 0 Å². The zero-order chi connectivity index (χ0) is 13.1. The summed E-state index contributed by atoms with van der Waals surface area (Å²) >= 11 is 5.75. The Morgan fingerprint density at radius 2 is 2.12 bits per heavy atom. The van der Waals surface area contributed by atoms with Crippen molar-refractivity contribution in [1.82, 2.24) is 5.32 Å². The van der Waals surface area contributed by atoms with E-state index in [1.807, 2.05) is 0 Å². The van der Waals surface area contributed by atoms with Crippen molar-refractivity contribution in [2.45, 2.75) is 19.5 Å². The molecule has 3 nitrogen and oxygen atoms in total. The Kier molecular flexibility index (Phi) is 4.91. The van der Waals surface area contributed by atoms with E-state index in [-0.39, 0.29) is 24.2 Å². The Bertz CT molecular complexity index is 490. The van der Waals surface area contributed by atoms with Gasteiger partial charge in [0.2, 0.25) is 0 Å². The van der Waals surface area contributed by atoms with Crippen molar-refractivity contribution in [2.24, 2.45) is 0 Å². The second-order valence-corrected chi connectivity index (χ2v) is 6.73. The van der Waals surface area contributed by atoms with Crippen molar-refractivity contribution in [1.29, 1.82) is 0 Å². The fraction of sp³-hybridized carbons (Fsp3) is 0.455. The van der Waals surface area contributed by atoms with E-state index < -0.39 is 9.84 Å². The molecule has 1 aromatic rings. The van der Waals surface area contributed by atoms with Crippen LogP contribution in [0.2, 0.25) is 5.02 Å². The molecular formula is C11H15ClFNO2S. The van der Waals surface area contributed by atoms with Gasteiger partial charge in [-0.05, 0) is 25.1 Å². The molecule has 0 aromatic heterocycles. The SMILES string of the molecule is C[C@@H](CS(C)(=O)=O)NCc1cc(Cl)ccc1F. The van der Waals surface area contributed by atoms with E-state index in [0.29, 0.717) is 10.6 Å². The zero-order valence-electron chi connectivity index (χ0n) is 9.70. The van der Waals surface area contributed by atoms with Gasteiger partial charge in [-0.25, -0.2) is 12.8 Å². The smallest absolute Gasteiger partial charge is 0.148 e. The van der Waals surface area contributed by atoms with Gasteiger partial charge in [0.15, 0.2) is 0 Å². The van der Waals surface area contributed by atoms with E-state index in [2.05, 4.69) is 5.32 Å². The van der Waals surface area contributed by atoms with Gasteiger partial charge in [0, 0.05) is 29.4 Å². The molecule has 0 bridgehead atoms. The van der Waals surface area contributed by atoms with Crippen LogP contribution in [-0.4, -0.2) is 26.5 Å². The number of halogens is 2. The van der Waals surface area contributed by atoms with Crippen molar-refractivity contribution in [3.05, 3.63) is 34.6 Å². The molecule has 0 amide bonds. The van der Waals surface area contributed by atoms with Gasteiger partial charge in [-0.15, -0.1) is 0 Å². The van der Waals surface area contributed by atoms with Gasteiger partial charge >= 0.3 is 0 Å². The first-order valence-corrected chi connectivity index (χ1v) is 7.57. The van der Waals surface area contributed by atoms with E-state index in [1.54, 1.807) is 6.92 Å². The first-order chi connectivity index (χ1) is 7.78. The predicted molar refractivity (Wildman–Crippen MR) is 67.4 cm³/mol. The Morgan fingerprint density at radius 1 is 1.47 bits per heavy atom. The van der Waals surface area contributed by atoms with Crippen molar-refractivity contribution >= 4 is 21.4 Å². The molecule has 1 N–H and O–H groups in total. The zero-order valence-corrected chi connectivity index (χ0v) is 11.3. The normalized spacial score (nSPS) is 13.6. The van der Waals surface area contributed by atoms with Crippen molar-refractivity contribution in [3.8, 4) is 0 Å². The maximum Gasteiger partial charge on any atom is 0.148 e. The maximum absolute atomic E-state index is 13.3. The first-order valence-electron chi connectivity index (χ1n) is 5.13. The lowest BCUT2D eigenvalue weighted by Crippen LogP contribution is -2.32. The topological polar surface area (TPSA) is 46.2 Å². The van der Waals surface area contributed by atoms with Crippen LogP contribution in [0.1, 0.15) is 12.5 Å². The van der Waals surface area contributed by atoms with Crippen LogP contribution in [0.5, 0.6) is 0 Å². The van der Waals surface area contributed by atoms with E-state index in [4.69, 9.17) is 11.6 Å². The highest BCUT2D eigenvalue weighted by Gasteiger charge is 2.11. The molecule has 0 aliphatic carbocycles. The van der Waals surface area contributed by atoms with Crippen LogP contribution < -0.4 is 5.32 Å². The van der Waals surface area contributed by atoms with Crippen LogP contribution in [0.15, 0.2) is 18.2 Å². The standard InChI is InChI=1S/C11H15ClFNO2S/c1-8(7-17(2,15)16)14-6-9-5-10(12)3-4-11(9)13/h3-5,8,14H,6-7H2,1-2H3/t8-/m0/s1. The molecule has 17 heavy (non-hydrogen) atoms. The second-order valence-electron chi connectivity index (χ2n) is 4.11. The molecule has 1 aromatic carbocycles. The van der Waals surface area contributed by atoms with E-state index in [9.17, 15) is 12.8 Å². The van der Waals surface area contributed by atoms with Crippen LogP contribution >= 0.6 is 11.6 Å². The number of nitrogens with one attached hydrogen (secondary N) is 1. The fourth-order valence-corrected chi connectivity index (χ4v) is 2.70. The summed E-state index contributed by atoms with van der Waals surface area (Å²) in [5, 5.41) is 3.40. The number of rotatable bonds is 5. The average molecular weight is 280 g/mol. The molecule has 1 atom stereocenters. The van der Waals surface area contributed by atoms with Gasteiger partial charge in [-0.1, -0.05) is 11.6 Å². The molecule has 0 heterocycles. The molecule has 0 aliphatic heterocycles. The van der Waals surface area contributed by atoms with Crippen LogP contribution in [0.3, 0.4) is 0 Å². The molecular weight excluding hydrogens is 265 g/mol. The number of benzene rings is 1. The molecule has 0 aliphatic rings. The van der Waals surface area contributed by atoms with Gasteiger partial charge in [-0.2, -0.15) is 0 Å². The summed E-state index contributed by atoms with van der Waals surface area (Å²) in [5.74, 6) is -0.330. The van der Waals surface area contributed by atoms with Gasteiger partial charge in [0.25, 0.3) is 0 Å². The summed E-state index contributed by atoms with van der Waals surface area (Å²) in [6.45, 7) is 1.99. The molecule has 0 spiro atoms. The second kappa shape index (κ2) is 5.80. The number of hydrogen-bond acceptors (Lipinski definition) is 3. The van der Waals surface area contributed by atoms with E-state index >= 15 is 0 Å². The summed E-state index contributed by atoms with van der Waals surface area (Å²) in [7, 11) is -3.03. The maximum atomic E-state index is 13.3. The van der Waals surface area contributed by atoms with Gasteiger partial charge in [0.1, 0.15) is 15.7 Å². The Morgan fingerprint density at radius 3 is 2.71 bits per heavy atom. The molecule has 0 fully saturated rings. The highest BCUT2D eigenvalue weighted by atomic mass is 35.5. The Balaban J connectivity index is 2.58. The molecule has 1 rings (SSSR count). The summed E-state index contributed by atoms with van der Waals surface area (Å²) in [5.41, 5.74) is 0.429. The average Bonchev–Trinajstić information content (AvgIpc) is 2.17. The van der Waals surface area contributed by atoms with Crippen molar-refractivity contribution in [2.75, 3.05) is 12.0 Å². The molecule has 96 valence electrons. The van der Waals surface area contributed by atoms with E-state index in [0.717, 1.165) is 0 Å². The third-order valence-electron chi connectivity index (χ3n) is 2.20. The lowest BCUT2D eigenvalue weighted by atomic mass is 10.2. The lowest BCUT2D eigenvalue weighted by Gasteiger charge is -2.13. The van der Waals surface area contributed by atoms with Crippen LogP contribution in [0, 0.1) is 5.82 Å². The van der Waals surface area contributed by atoms with Gasteiger partial charge in [-0.3, -0.25) is 0 Å². The van der Waals surface area contributed by atoms with Gasteiger partial charge < -0.3 is 5.32 Å². The third-order valence-corrected chi connectivity index (χ3v) is 3.54. The monoisotopic (exact) mass is 279 g/mol. The number of hydrogen-bond donors (Lipinski definition) is 1. The molecule has 0 unspecified atom stereocenters. The lowest BCUT2D eigenvalue weighted by molar-refractivity contribution is 0.542. The molecule has 6 heteroatoms. The Hall–Kier alpha value is -0.650. The first kappa shape index (κ1) is 14.4. The summed E-state index contributed by atoms with van der Waals surface area (Å²) in [6, 6.07) is 4.06. The predicted octanol–water partition coefficient (Wildman–Crippen LogP) is 2.00. The highest BCUT2D eigenvalue weighted by Crippen LogP contribution is 2.14. The summed E-state index contributed by atoms with van der Waals surface area (Å²) in [4.78, 5) is 0. The molecule has 0 radical (unpaired) electrons. The summed E-state index contributed by atoms with van der Waals surface area (Å²) in [6.07, 6.45) is 1.17. The fourth-order valence-electron chi connectivity index (χ4n) is 1.48.